The molecule has 1 aliphatic rings. The highest BCUT2D eigenvalue weighted by Crippen LogP contribution is 2.56. The number of rotatable bonds is 7. The van der Waals surface area contributed by atoms with Crippen molar-refractivity contribution in [1.82, 2.24) is 15.0 Å². The van der Waals surface area contributed by atoms with Crippen LogP contribution >= 0.6 is 0 Å². The fourth-order valence-electron chi connectivity index (χ4n) is 8.35. The molecule has 2 heterocycles. The maximum atomic E-state index is 5.36. The molecular formula is C52H35N3. The zero-order valence-electron chi connectivity index (χ0n) is 30.0. The SMILES string of the molecule is c1ccc(-c2cccc(-c3cc(-c4cccc(-c5ccccc5)c4)nc(-c4ccc5c(c4)C(c4ccccc4)(c4ccncc4)c4ccccc4-5)n3)c2)cc1. The van der Waals surface area contributed by atoms with E-state index in [2.05, 4.69) is 205 Å². The second-order valence-corrected chi connectivity index (χ2v) is 14.0. The van der Waals surface area contributed by atoms with Gasteiger partial charge in [0.15, 0.2) is 5.82 Å². The third kappa shape index (κ3) is 5.65. The minimum atomic E-state index is -0.555. The van der Waals surface area contributed by atoms with Gasteiger partial charge in [0, 0.05) is 29.1 Å². The van der Waals surface area contributed by atoms with Gasteiger partial charge < -0.3 is 0 Å². The molecule has 0 spiro atoms. The van der Waals surface area contributed by atoms with Crippen molar-refractivity contribution in [3.05, 3.63) is 235 Å². The van der Waals surface area contributed by atoms with Gasteiger partial charge in [-0.15, -0.1) is 0 Å². The Morgan fingerprint density at radius 1 is 0.309 bits per heavy atom. The predicted molar refractivity (Wildman–Crippen MR) is 224 cm³/mol. The van der Waals surface area contributed by atoms with E-state index in [4.69, 9.17) is 9.97 Å². The van der Waals surface area contributed by atoms with Crippen LogP contribution in [0.3, 0.4) is 0 Å². The molecule has 7 aromatic carbocycles. The van der Waals surface area contributed by atoms with E-state index in [1.165, 1.54) is 44.5 Å². The van der Waals surface area contributed by atoms with Crippen LogP contribution < -0.4 is 0 Å². The van der Waals surface area contributed by atoms with Crippen LogP contribution in [0.2, 0.25) is 0 Å². The van der Waals surface area contributed by atoms with Gasteiger partial charge in [0.1, 0.15) is 0 Å². The Hall–Kier alpha value is -7.23. The molecule has 0 saturated carbocycles. The Bertz CT molecular complexity index is 2660. The van der Waals surface area contributed by atoms with Gasteiger partial charge in [-0.05, 0) is 92.0 Å². The van der Waals surface area contributed by atoms with Gasteiger partial charge in [0.25, 0.3) is 0 Å². The molecule has 0 radical (unpaired) electrons. The molecule has 1 atom stereocenters. The number of nitrogens with zero attached hydrogens (tertiary/aromatic N) is 3. The molecule has 0 fully saturated rings. The van der Waals surface area contributed by atoms with Crippen molar-refractivity contribution in [2.45, 2.75) is 5.41 Å². The molecule has 1 aliphatic carbocycles. The second kappa shape index (κ2) is 13.6. The van der Waals surface area contributed by atoms with Crippen LogP contribution in [-0.2, 0) is 5.41 Å². The molecule has 0 saturated heterocycles. The van der Waals surface area contributed by atoms with Crippen LogP contribution in [0.1, 0.15) is 22.3 Å². The van der Waals surface area contributed by atoms with E-state index >= 15 is 0 Å². The fourth-order valence-corrected chi connectivity index (χ4v) is 8.35. The molecular weight excluding hydrogens is 667 g/mol. The van der Waals surface area contributed by atoms with Crippen molar-refractivity contribution in [1.29, 1.82) is 0 Å². The van der Waals surface area contributed by atoms with E-state index in [1.54, 1.807) is 0 Å². The lowest BCUT2D eigenvalue weighted by Gasteiger charge is -2.33. The molecule has 3 heteroatoms. The average Bonchev–Trinajstić information content (AvgIpc) is 3.58. The van der Waals surface area contributed by atoms with Crippen molar-refractivity contribution < 1.29 is 0 Å². The molecule has 3 nitrogen and oxygen atoms in total. The third-order valence-electron chi connectivity index (χ3n) is 10.9. The maximum absolute atomic E-state index is 5.36. The minimum Gasteiger partial charge on any atom is -0.265 e. The van der Waals surface area contributed by atoms with Gasteiger partial charge in [0.2, 0.25) is 0 Å². The van der Waals surface area contributed by atoms with Gasteiger partial charge in [0.05, 0.1) is 16.8 Å². The number of aromatic nitrogens is 3. The van der Waals surface area contributed by atoms with Gasteiger partial charge in [-0.2, -0.15) is 0 Å². The van der Waals surface area contributed by atoms with Crippen LogP contribution in [-0.4, -0.2) is 15.0 Å². The van der Waals surface area contributed by atoms with Crippen LogP contribution in [0.5, 0.6) is 0 Å². The Kier molecular flexibility index (Phi) is 8.04. The quantitative estimate of drug-likeness (QED) is 0.166. The lowest BCUT2D eigenvalue weighted by atomic mass is 9.68. The summed E-state index contributed by atoms with van der Waals surface area (Å²) in [7, 11) is 0. The summed E-state index contributed by atoms with van der Waals surface area (Å²) in [5, 5.41) is 0. The van der Waals surface area contributed by atoms with Crippen molar-refractivity contribution in [2.24, 2.45) is 0 Å². The molecule has 258 valence electrons. The largest absolute Gasteiger partial charge is 0.265 e. The Morgan fingerprint density at radius 3 is 1.42 bits per heavy atom. The second-order valence-electron chi connectivity index (χ2n) is 14.0. The van der Waals surface area contributed by atoms with Gasteiger partial charge in [-0.25, -0.2) is 9.97 Å². The van der Waals surface area contributed by atoms with E-state index in [0.717, 1.165) is 39.2 Å². The lowest BCUT2D eigenvalue weighted by Crippen LogP contribution is -2.28. The van der Waals surface area contributed by atoms with Crippen LogP contribution in [0.4, 0.5) is 0 Å². The first-order valence-corrected chi connectivity index (χ1v) is 18.7. The van der Waals surface area contributed by atoms with E-state index in [-0.39, 0.29) is 0 Å². The molecule has 2 aromatic heterocycles. The smallest absolute Gasteiger partial charge is 0.160 e. The summed E-state index contributed by atoms with van der Waals surface area (Å²) in [5.41, 5.74) is 16.1. The van der Waals surface area contributed by atoms with Crippen LogP contribution in [0.15, 0.2) is 213 Å². The van der Waals surface area contributed by atoms with E-state index in [0.29, 0.717) is 5.82 Å². The molecule has 9 aromatic rings. The summed E-state index contributed by atoms with van der Waals surface area (Å²) < 4.78 is 0. The normalized spacial score (nSPS) is 14.3. The lowest BCUT2D eigenvalue weighted by molar-refractivity contribution is 0.766. The van der Waals surface area contributed by atoms with E-state index in [9.17, 15) is 0 Å². The molecule has 10 rings (SSSR count). The van der Waals surface area contributed by atoms with Crippen molar-refractivity contribution in [3.8, 4) is 67.3 Å². The fraction of sp³-hybridized carbons (Fsp3) is 0.0192. The van der Waals surface area contributed by atoms with E-state index < -0.39 is 5.41 Å². The first-order valence-electron chi connectivity index (χ1n) is 18.7. The number of fused-ring (bicyclic) bond motifs is 3. The maximum Gasteiger partial charge on any atom is 0.160 e. The summed E-state index contributed by atoms with van der Waals surface area (Å²) in [6.07, 6.45) is 3.80. The molecule has 55 heavy (non-hydrogen) atoms. The molecule has 0 aliphatic heterocycles. The van der Waals surface area contributed by atoms with Gasteiger partial charge in [-0.3, -0.25) is 4.98 Å². The standard InChI is InChI=1S/C52H35N3/c1-4-14-36(15-5-1)38-18-12-20-40(32-38)49-35-50(41-21-13-19-39(33-41)37-16-6-2-7-17-37)55-51(54-49)42-26-27-46-45-24-10-11-25-47(45)52(48(46)34-42,43-22-8-3-9-23-43)44-28-30-53-31-29-44/h1-35H. The molecule has 1 unspecified atom stereocenters. The number of pyridine rings is 1. The van der Waals surface area contributed by atoms with Crippen LogP contribution in [0, 0.1) is 0 Å². The highest BCUT2D eigenvalue weighted by Gasteiger charge is 2.46. The third-order valence-corrected chi connectivity index (χ3v) is 10.9. The Morgan fingerprint density at radius 2 is 0.800 bits per heavy atom. The number of hydrogen-bond donors (Lipinski definition) is 0. The number of hydrogen-bond acceptors (Lipinski definition) is 3. The summed E-state index contributed by atoms with van der Waals surface area (Å²) in [4.78, 5) is 15.1. The molecule has 0 amide bonds. The summed E-state index contributed by atoms with van der Waals surface area (Å²) >= 11 is 0. The summed E-state index contributed by atoms with van der Waals surface area (Å²) in [6, 6.07) is 71.2. The topological polar surface area (TPSA) is 38.7 Å². The zero-order valence-corrected chi connectivity index (χ0v) is 30.0. The van der Waals surface area contributed by atoms with E-state index in [1.807, 2.05) is 12.4 Å². The number of benzene rings is 7. The highest BCUT2D eigenvalue weighted by molar-refractivity contribution is 5.88. The van der Waals surface area contributed by atoms with Gasteiger partial charge in [-0.1, -0.05) is 164 Å². The summed E-state index contributed by atoms with van der Waals surface area (Å²) in [5.74, 6) is 0.679. The van der Waals surface area contributed by atoms with Crippen molar-refractivity contribution in [3.63, 3.8) is 0 Å². The molecule has 0 N–H and O–H groups in total. The first kappa shape index (κ1) is 32.4. The van der Waals surface area contributed by atoms with Crippen LogP contribution in [0.25, 0.3) is 67.3 Å². The van der Waals surface area contributed by atoms with Crippen molar-refractivity contribution in [2.75, 3.05) is 0 Å². The zero-order chi connectivity index (χ0) is 36.6. The molecule has 0 bridgehead atoms. The van der Waals surface area contributed by atoms with Gasteiger partial charge >= 0.3 is 0 Å². The first-order chi connectivity index (χ1) is 27.3. The monoisotopic (exact) mass is 701 g/mol. The Labute approximate surface area is 321 Å². The van der Waals surface area contributed by atoms with Crippen molar-refractivity contribution >= 4 is 0 Å². The highest BCUT2D eigenvalue weighted by atomic mass is 14.9. The summed E-state index contributed by atoms with van der Waals surface area (Å²) in [6.45, 7) is 0. The Balaban J connectivity index is 1.20. The minimum absolute atomic E-state index is 0.555. The predicted octanol–water partition coefficient (Wildman–Crippen LogP) is 12.6. The average molecular weight is 702 g/mol.